The molecule has 1 amide bonds. The lowest BCUT2D eigenvalue weighted by atomic mass is 10.1. The van der Waals surface area contributed by atoms with Crippen molar-refractivity contribution in [1.29, 1.82) is 0 Å². The van der Waals surface area contributed by atoms with Crippen LogP contribution in [-0.4, -0.2) is 18.0 Å². The molecule has 2 atom stereocenters. The summed E-state index contributed by atoms with van der Waals surface area (Å²) in [4.78, 5) is 11.4. The van der Waals surface area contributed by atoms with Crippen LogP contribution < -0.4 is 11.1 Å². The SMILES string of the molecule is C=CCC(N)C(=O)NC1CC1(C)C. The molecule has 3 N–H and O–H groups in total. The molecule has 0 spiro atoms. The number of nitrogens with one attached hydrogen (secondary N) is 1. The second kappa shape index (κ2) is 3.50. The van der Waals surface area contributed by atoms with Crippen molar-refractivity contribution >= 4 is 5.91 Å². The first-order valence-electron chi connectivity index (χ1n) is 4.64. The van der Waals surface area contributed by atoms with Crippen molar-refractivity contribution < 1.29 is 4.79 Å². The fourth-order valence-electron chi connectivity index (χ4n) is 1.28. The van der Waals surface area contributed by atoms with Gasteiger partial charge in [-0.1, -0.05) is 19.9 Å². The second-order valence-corrected chi connectivity index (χ2v) is 4.38. The summed E-state index contributed by atoms with van der Waals surface area (Å²) in [6.45, 7) is 7.82. The number of amides is 1. The molecule has 0 saturated heterocycles. The first-order valence-corrected chi connectivity index (χ1v) is 4.64. The molecule has 1 aliphatic rings. The van der Waals surface area contributed by atoms with Gasteiger partial charge in [0.15, 0.2) is 0 Å². The molecule has 0 heterocycles. The van der Waals surface area contributed by atoms with Crippen LogP contribution in [-0.2, 0) is 4.79 Å². The average Bonchev–Trinajstić information content (AvgIpc) is 2.59. The smallest absolute Gasteiger partial charge is 0.237 e. The van der Waals surface area contributed by atoms with Crippen LogP contribution in [0.5, 0.6) is 0 Å². The lowest BCUT2D eigenvalue weighted by Crippen LogP contribution is -2.42. The quantitative estimate of drug-likeness (QED) is 0.632. The number of nitrogens with two attached hydrogens (primary N) is 1. The van der Waals surface area contributed by atoms with Gasteiger partial charge in [-0.2, -0.15) is 0 Å². The fraction of sp³-hybridized carbons (Fsp3) is 0.700. The van der Waals surface area contributed by atoms with Gasteiger partial charge in [-0.05, 0) is 18.3 Å². The van der Waals surface area contributed by atoms with Crippen LogP contribution in [0.1, 0.15) is 26.7 Å². The van der Waals surface area contributed by atoms with Crippen LogP contribution in [0, 0.1) is 5.41 Å². The number of carbonyl (C=O) groups excluding carboxylic acids is 1. The van der Waals surface area contributed by atoms with E-state index in [4.69, 9.17) is 5.73 Å². The molecule has 2 unspecified atom stereocenters. The van der Waals surface area contributed by atoms with Gasteiger partial charge in [-0.3, -0.25) is 4.79 Å². The predicted molar refractivity (Wildman–Crippen MR) is 53.1 cm³/mol. The van der Waals surface area contributed by atoms with E-state index < -0.39 is 6.04 Å². The zero-order chi connectivity index (χ0) is 10.1. The summed E-state index contributed by atoms with van der Waals surface area (Å²) in [7, 11) is 0. The monoisotopic (exact) mass is 182 g/mol. The summed E-state index contributed by atoms with van der Waals surface area (Å²) in [5.41, 5.74) is 5.88. The maximum atomic E-state index is 11.4. The van der Waals surface area contributed by atoms with E-state index in [2.05, 4.69) is 25.7 Å². The van der Waals surface area contributed by atoms with Gasteiger partial charge in [0.2, 0.25) is 5.91 Å². The van der Waals surface area contributed by atoms with Crippen molar-refractivity contribution in [2.75, 3.05) is 0 Å². The van der Waals surface area contributed by atoms with Crippen molar-refractivity contribution in [1.82, 2.24) is 5.32 Å². The van der Waals surface area contributed by atoms with E-state index in [0.717, 1.165) is 6.42 Å². The maximum absolute atomic E-state index is 11.4. The van der Waals surface area contributed by atoms with Crippen LogP contribution in [0.25, 0.3) is 0 Å². The number of rotatable bonds is 4. The number of carbonyl (C=O) groups is 1. The highest BCUT2D eigenvalue weighted by molar-refractivity contribution is 5.82. The zero-order valence-electron chi connectivity index (χ0n) is 8.34. The maximum Gasteiger partial charge on any atom is 0.237 e. The minimum absolute atomic E-state index is 0.0597. The van der Waals surface area contributed by atoms with E-state index in [1.54, 1.807) is 6.08 Å². The normalized spacial score (nSPS) is 26.2. The van der Waals surface area contributed by atoms with Crippen LogP contribution >= 0.6 is 0 Å². The molecular formula is C10H18N2O. The largest absolute Gasteiger partial charge is 0.351 e. The highest BCUT2D eigenvalue weighted by atomic mass is 16.2. The van der Waals surface area contributed by atoms with Crippen LogP contribution in [0.15, 0.2) is 12.7 Å². The molecule has 1 saturated carbocycles. The molecule has 1 rings (SSSR count). The molecule has 0 bridgehead atoms. The highest BCUT2D eigenvalue weighted by Gasteiger charge is 2.46. The molecule has 3 heteroatoms. The summed E-state index contributed by atoms with van der Waals surface area (Å²) < 4.78 is 0. The molecule has 1 fully saturated rings. The minimum atomic E-state index is -0.436. The van der Waals surface area contributed by atoms with Gasteiger partial charge in [-0.25, -0.2) is 0 Å². The lowest BCUT2D eigenvalue weighted by molar-refractivity contribution is -0.122. The number of hydrogen-bond donors (Lipinski definition) is 2. The molecule has 0 aromatic rings. The van der Waals surface area contributed by atoms with Gasteiger partial charge in [0.1, 0.15) is 0 Å². The molecule has 0 aromatic heterocycles. The molecule has 0 aliphatic heterocycles. The molecule has 13 heavy (non-hydrogen) atoms. The third-order valence-corrected chi connectivity index (χ3v) is 2.59. The Labute approximate surface area is 79.4 Å². The Morgan fingerprint density at radius 2 is 2.38 bits per heavy atom. The highest BCUT2D eigenvalue weighted by Crippen LogP contribution is 2.44. The minimum Gasteiger partial charge on any atom is -0.351 e. The Balaban J connectivity index is 2.30. The average molecular weight is 182 g/mol. The predicted octanol–water partition coefficient (Wildman–Crippen LogP) is 0.804. The van der Waals surface area contributed by atoms with E-state index in [0.29, 0.717) is 12.5 Å². The van der Waals surface area contributed by atoms with Crippen LogP contribution in [0.3, 0.4) is 0 Å². The fourth-order valence-corrected chi connectivity index (χ4v) is 1.28. The van der Waals surface area contributed by atoms with Gasteiger partial charge >= 0.3 is 0 Å². The topological polar surface area (TPSA) is 55.1 Å². The second-order valence-electron chi connectivity index (χ2n) is 4.38. The molecular weight excluding hydrogens is 164 g/mol. The molecule has 0 radical (unpaired) electrons. The standard InChI is InChI=1S/C10H18N2O/c1-4-5-7(11)9(13)12-8-6-10(8,2)3/h4,7-8H,1,5-6,11H2,2-3H3,(H,12,13). The van der Waals surface area contributed by atoms with Gasteiger partial charge < -0.3 is 11.1 Å². The third kappa shape index (κ3) is 2.56. The zero-order valence-corrected chi connectivity index (χ0v) is 8.34. The molecule has 0 aromatic carbocycles. The lowest BCUT2D eigenvalue weighted by Gasteiger charge is -2.11. The summed E-state index contributed by atoms with van der Waals surface area (Å²) in [5, 5.41) is 2.92. The molecule has 1 aliphatic carbocycles. The van der Waals surface area contributed by atoms with Crippen molar-refractivity contribution in [3.63, 3.8) is 0 Å². The first-order chi connectivity index (χ1) is 5.97. The van der Waals surface area contributed by atoms with Gasteiger partial charge in [0.25, 0.3) is 0 Å². The van der Waals surface area contributed by atoms with Crippen molar-refractivity contribution in [2.24, 2.45) is 11.1 Å². The first kappa shape index (κ1) is 10.3. The van der Waals surface area contributed by atoms with E-state index >= 15 is 0 Å². The summed E-state index contributed by atoms with van der Waals surface area (Å²) in [6.07, 6.45) is 3.26. The Kier molecular flexibility index (Phi) is 2.76. The van der Waals surface area contributed by atoms with Gasteiger partial charge in [0.05, 0.1) is 6.04 Å². The van der Waals surface area contributed by atoms with Gasteiger partial charge in [-0.15, -0.1) is 6.58 Å². The van der Waals surface area contributed by atoms with Crippen molar-refractivity contribution in [3.05, 3.63) is 12.7 Å². The Hall–Kier alpha value is -0.830. The van der Waals surface area contributed by atoms with Crippen LogP contribution in [0.4, 0.5) is 0 Å². The Morgan fingerprint density at radius 1 is 1.85 bits per heavy atom. The Morgan fingerprint density at radius 3 is 2.77 bits per heavy atom. The van der Waals surface area contributed by atoms with Crippen LogP contribution in [0.2, 0.25) is 0 Å². The third-order valence-electron chi connectivity index (χ3n) is 2.59. The Bertz CT molecular complexity index is 223. The van der Waals surface area contributed by atoms with E-state index in [1.165, 1.54) is 0 Å². The summed E-state index contributed by atoms with van der Waals surface area (Å²) in [5.74, 6) is -0.0597. The summed E-state index contributed by atoms with van der Waals surface area (Å²) in [6, 6.07) is -0.121. The molecule has 74 valence electrons. The van der Waals surface area contributed by atoms with E-state index in [1.807, 2.05) is 0 Å². The van der Waals surface area contributed by atoms with E-state index in [9.17, 15) is 4.79 Å². The van der Waals surface area contributed by atoms with Crippen molar-refractivity contribution in [3.8, 4) is 0 Å². The van der Waals surface area contributed by atoms with Gasteiger partial charge in [0, 0.05) is 6.04 Å². The number of hydrogen-bond acceptors (Lipinski definition) is 2. The van der Waals surface area contributed by atoms with Crippen molar-refractivity contribution in [2.45, 2.75) is 38.8 Å². The molecule has 3 nitrogen and oxygen atoms in total. The van der Waals surface area contributed by atoms with E-state index in [-0.39, 0.29) is 11.3 Å². The summed E-state index contributed by atoms with van der Waals surface area (Å²) >= 11 is 0.